The highest BCUT2D eigenvalue weighted by molar-refractivity contribution is 14.1. The van der Waals surface area contributed by atoms with E-state index in [0.29, 0.717) is 33.4 Å². The van der Waals surface area contributed by atoms with Crippen LogP contribution in [0.25, 0.3) is 11.7 Å². The van der Waals surface area contributed by atoms with Gasteiger partial charge in [0.15, 0.2) is 11.1 Å². The van der Waals surface area contributed by atoms with Crippen LogP contribution in [0.5, 0.6) is 5.88 Å². The highest BCUT2D eigenvalue weighted by Crippen LogP contribution is 2.19. The number of benzene rings is 2. The highest BCUT2D eigenvalue weighted by atomic mass is 127. The van der Waals surface area contributed by atoms with Crippen LogP contribution in [0, 0.1) is 3.57 Å². The minimum absolute atomic E-state index is 0.191. The number of carbonyl (C=O) groups is 1. The number of hydrogen-bond acceptors (Lipinski definition) is 8. The maximum atomic E-state index is 12.6. The SMILES string of the molecule is CC(C)(C)OC(=O)c1cccc(N=c2cc(Nc3cccc(I)c3)nc3c(=Cc4[nH]c(=O)[nH]c4O)cnn23)c1. The van der Waals surface area contributed by atoms with Crippen LogP contribution in [0.15, 0.2) is 70.6 Å². The number of fused-ring (bicyclic) bond motifs is 1. The van der Waals surface area contributed by atoms with Gasteiger partial charge in [-0.1, -0.05) is 12.1 Å². The van der Waals surface area contributed by atoms with Gasteiger partial charge in [0.25, 0.3) is 0 Å². The molecule has 0 radical (unpaired) electrons. The summed E-state index contributed by atoms with van der Waals surface area (Å²) in [5.41, 5.74) is 1.59. The number of rotatable bonds is 5. The second-order valence-electron chi connectivity index (χ2n) is 9.62. The Bertz CT molecular complexity index is 1880. The Morgan fingerprint density at radius 1 is 1.15 bits per heavy atom. The van der Waals surface area contributed by atoms with E-state index in [2.05, 4.69) is 43.0 Å². The number of nitrogens with one attached hydrogen (secondary N) is 3. The van der Waals surface area contributed by atoms with E-state index < -0.39 is 17.3 Å². The van der Waals surface area contributed by atoms with Gasteiger partial charge in [-0.25, -0.2) is 19.6 Å². The van der Waals surface area contributed by atoms with Crippen molar-refractivity contribution in [1.82, 2.24) is 24.6 Å². The molecule has 3 aromatic heterocycles. The molecule has 4 N–H and O–H groups in total. The maximum Gasteiger partial charge on any atom is 0.338 e. The zero-order chi connectivity index (χ0) is 27.7. The molecule has 3 heterocycles. The molecule has 0 aliphatic rings. The molecule has 11 nitrogen and oxygen atoms in total. The topological polar surface area (TPSA) is 150 Å². The van der Waals surface area contributed by atoms with Crippen LogP contribution in [0.1, 0.15) is 36.8 Å². The Hall–Kier alpha value is -4.46. The number of aromatic nitrogens is 5. The fourth-order valence-corrected chi connectivity index (χ4v) is 4.29. The number of ether oxygens (including phenoxy) is 1. The molecule has 0 unspecified atom stereocenters. The number of aromatic hydroxyl groups is 1. The minimum Gasteiger partial charge on any atom is -0.493 e. The van der Waals surface area contributed by atoms with Crippen molar-refractivity contribution in [2.24, 2.45) is 4.99 Å². The van der Waals surface area contributed by atoms with E-state index in [1.807, 2.05) is 45.0 Å². The van der Waals surface area contributed by atoms with Gasteiger partial charge in [-0.2, -0.15) is 9.61 Å². The lowest BCUT2D eigenvalue weighted by atomic mass is 10.1. The summed E-state index contributed by atoms with van der Waals surface area (Å²) in [5.74, 6) is -0.249. The quantitative estimate of drug-likeness (QED) is 0.170. The molecule has 5 aromatic rings. The van der Waals surface area contributed by atoms with E-state index in [1.54, 1.807) is 42.6 Å². The molecule has 0 fully saturated rings. The zero-order valence-corrected chi connectivity index (χ0v) is 23.3. The Morgan fingerprint density at radius 2 is 1.95 bits per heavy atom. The first-order valence-electron chi connectivity index (χ1n) is 11.9. The van der Waals surface area contributed by atoms with Gasteiger partial charge in [0.05, 0.1) is 17.4 Å². The molecule has 2 aromatic carbocycles. The first kappa shape index (κ1) is 26.2. The van der Waals surface area contributed by atoms with Crippen molar-refractivity contribution in [3.8, 4) is 5.88 Å². The Balaban J connectivity index is 1.66. The van der Waals surface area contributed by atoms with E-state index in [1.165, 1.54) is 4.52 Å². The number of hydrogen-bond donors (Lipinski definition) is 4. The van der Waals surface area contributed by atoms with Crippen LogP contribution >= 0.6 is 22.6 Å². The highest BCUT2D eigenvalue weighted by Gasteiger charge is 2.18. The molecule has 39 heavy (non-hydrogen) atoms. The van der Waals surface area contributed by atoms with Crippen LogP contribution < -0.4 is 21.7 Å². The molecule has 0 bridgehead atoms. The van der Waals surface area contributed by atoms with Gasteiger partial charge in [-0.3, -0.25) is 4.98 Å². The number of imidazole rings is 1. The van der Waals surface area contributed by atoms with Crippen molar-refractivity contribution in [3.05, 3.63) is 96.8 Å². The summed E-state index contributed by atoms with van der Waals surface area (Å²) in [7, 11) is 0. The molecule has 0 aliphatic heterocycles. The maximum absolute atomic E-state index is 12.6. The van der Waals surface area contributed by atoms with E-state index in [-0.39, 0.29) is 11.6 Å². The van der Waals surface area contributed by atoms with Gasteiger partial charge in [0.2, 0.25) is 5.88 Å². The molecule has 0 spiro atoms. The minimum atomic E-state index is -0.628. The van der Waals surface area contributed by atoms with E-state index >= 15 is 0 Å². The standard InChI is InChI=1S/C27H24IN7O4/c1-27(2,3)39-25(37)15-6-4-8-18(10-15)31-22-13-21(30-19-9-5-7-17(28)12-19)33-23-16(14-29-35(22)23)11-20-24(36)34-26(38)32-20/h4-14,30,36H,1-3H3,(H2,32,34,38). The van der Waals surface area contributed by atoms with Crippen molar-refractivity contribution < 1.29 is 14.6 Å². The third kappa shape index (κ3) is 6.17. The van der Waals surface area contributed by atoms with Gasteiger partial charge in [-0.05, 0) is 85.8 Å². The van der Waals surface area contributed by atoms with Crippen molar-refractivity contribution in [1.29, 1.82) is 0 Å². The summed E-state index contributed by atoms with van der Waals surface area (Å²) in [6.07, 6.45) is 3.11. The predicted octanol–water partition coefficient (Wildman–Crippen LogP) is 3.53. The number of aromatic amines is 2. The third-order valence-corrected chi connectivity index (χ3v) is 6.01. The van der Waals surface area contributed by atoms with Gasteiger partial charge >= 0.3 is 11.7 Å². The Morgan fingerprint density at radius 3 is 2.67 bits per heavy atom. The average molecular weight is 637 g/mol. The predicted molar refractivity (Wildman–Crippen MR) is 154 cm³/mol. The Labute approximate surface area is 235 Å². The van der Waals surface area contributed by atoms with Gasteiger partial charge in [-0.15, -0.1) is 0 Å². The molecule has 5 rings (SSSR count). The normalized spacial score (nSPS) is 12.7. The molecule has 0 saturated heterocycles. The van der Waals surface area contributed by atoms with Gasteiger partial charge in [0.1, 0.15) is 17.1 Å². The van der Waals surface area contributed by atoms with Crippen LogP contribution in [0.2, 0.25) is 0 Å². The fraction of sp³-hybridized carbons (Fsp3) is 0.148. The number of halogens is 1. The second-order valence-corrected chi connectivity index (χ2v) is 10.9. The molecular formula is C27H24IN7O4. The fourth-order valence-electron chi connectivity index (χ4n) is 3.74. The van der Waals surface area contributed by atoms with Crippen molar-refractivity contribution in [3.63, 3.8) is 0 Å². The summed E-state index contributed by atoms with van der Waals surface area (Å²) in [6, 6.07) is 16.4. The van der Waals surface area contributed by atoms with Crippen LogP contribution in [0.4, 0.5) is 17.2 Å². The first-order valence-corrected chi connectivity index (χ1v) is 12.9. The average Bonchev–Trinajstić information content (AvgIpc) is 3.40. The van der Waals surface area contributed by atoms with Gasteiger partial charge in [0, 0.05) is 20.5 Å². The van der Waals surface area contributed by atoms with Crippen LogP contribution in [-0.2, 0) is 4.74 Å². The van der Waals surface area contributed by atoms with Crippen LogP contribution in [-0.4, -0.2) is 41.2 Å². The summed E-state index contributed by atoms with van der Waals surface area (Å²) >= 11 is 2.23. The van der Waals surface area contributed by atoms with E-state index in [9.17, 15) is 14.7 Å². The summed E-state index contributed by atoms with van der Waals surface area (Å²) in [4.78, 5) is 38.5. The molecule has 0 atom stereocenters. The first-order chi connectivity index (χ1) is 18.5. The number of nitrogens with zero attached hydrogens (tertiary/aromatic N) is 4. The van der Waals surface area contributed by atoms with Crippen molar-refractivity contribution in [2.45, 2.75) is 26.4 Å². The molecule has 0 amide bonds. The molecule has 0 aliphatic carbocycles. The monoisotopic (exact) mass is 637 g/mol. The lowest BCUT2D eigenvalue weighted by molar-refractivity contribution is 0.00695. The Kier molecular flexibility index (Phi) is 6.95. The lowest BCUT2D eigenvalue weighted by Gasteiger charge is -2.19. The lowest BCUT2D eigenvalue weighted by Crippen LogP contribution is -2.23. The summed E-state index contributed by atoms with van der Waals surface area (Å²) in [6.45, 7) is 5.43. The van der Waals surface area contributed by atoms with Crippen molar-refractivity contribution >= 4 is 57.5 Å². The molecular weight excluding hydrogens is 613 g/mol. The van der Waals surface area contributed by atoms with E-state index in [0.717, 1.165) is 9.26 Å². The molecule has 12 heteroatoms. The molecule has 0 saturated carbocycles. The van der Waals surface area contributed by atoms with Crippen molar-refractivity contribution in [2.75, 3.05) is 5.32 Å². The zero-order valence-electron chi connectivity index (χ0n) is 21.2. The summed E-state index contributed by atoms with van der Waals surface area (Å²) in [5, 5.41) is 18.3. The number of carbonyl (C=O) groups excluding carboxylic acids is 1. The van der Waals surface area contributed by atoms with Crippen LogP contribution in [0.3, 0.4) is 0 Å². The number of esters is 1. The second kappa shape index (κ2) is 10.4. The smallest absolute Gasteiger partial charge is 0.338 e. The largest absolute Gasteiger partial charge is 0.493 e. The van der Waals surface area contributed by atoms with E-state index in [4.69, 9.17) is 14.7 Å². The third-order valence-electron chi connectivity index (χ3n) is 5.34. The molecule has 198 valence electrons. The van der Waals surface area contributed by atoms with Gasteiger partial charge < -0.3 is 20.1 Å². The number of anilines is 2. The number of H-pyrrole nitrogens is 2. The summed E-state index contributed by atoms with van der Waals surface area (Å²) < 4.78 is 8.08.